The van der Waals surface area contributed by atoms with E-state index >= 15 is 0 Å². The van der Waals surface area contributed by atoms with E-state index in [2.05, 4.69) is 4.98 Å². The summed E-state index contributed by atoms with van der Waals surface area (Å²) in [6.07, 6.45) is 0.603. The van der Waals surface area contributed by atoms with Crippen LogP contribution >= 0.6 is 22.0 Å². The van der Waals surface area contributed by atoms with Crippen LogP contribution in [-0.4, -0.2) is 42.5 Å². The molecule has 1 aliphatic rings. The quantitative estimate of drug-likeness (QED) is 0.796. The number of hydrogen-bond donors (Lipinski definition) is 0. The average Bonchev–Trinajstić information content (AvgIpc) is 2.98. The molecule has 0 aliphatic carbocycles. The van der Waals surface area contributed by atoms with E-state index in [1.165, 1.54) is 0 Å². The summed E-state index contributed by atoms with van der Waals surface area (Å²) in [5, 5.41) is 0.156. The molecule has 0 bridgehead atoms. The third-order valence-electron chi connectivity index (χ3n) is 3.51. The highest BCUT2D eigenvalue weighted by molar-refractivity contribution is 8.14. The van der Waals surface area contributed by atoms with Crippen LogP contribution in [0, 0.1) is 0 Å². The molecule has 1 aliphatic heterocycles. The molecule has 3 rings (SSSR count). The number of likely N-dealkylation sites (tertiary alicyclic amines) is 1. The minimum atomic E-state index is -3.68. The first-order valence-corrected chi connectivity index (χ1v) is 9.68. The maximum absolute atomic E-state index is 11.8. The van der Waals surface area contributed by atoms with Crippen molar-refractivity contribution in [1.29, 1.82) is 0 Å². The summed E-state index contributed by atoms with van der Waals surface area (Å²) in [6.45, 7) is 0.650. The van der Waals surface area contributed by atoms with Gasteiger partial charge in [0.05, 0.1) is 15.2 Å². The van der Waals surface area contributed by atoms with Crippen molar-refractivity contribution in [3.63, 3.8) is 0 Å². The van der Waals surface area contributed by atoms with Gasteiger partial charge in [0, 0.05) is 36.6 Å². The van der Waals surface area contributed by atoms with Gasteiger partial charge in [-0.3, -0.25) is 4.79 Å². The molecule has 0 spiro atoms. The summed E-state index contributed by atoms with van der Waals surface area (Å²) in [4.78, 5) is 17.9. The second kappa shape index (κ2) is 5.55. The Morgan fingerprint density at radius 3 is 2.81 bits per heavy atom. The van der Waals surface area contributed by atoms with E-state index in [1.807, 2.05) is 24.3 Å². The van der Waals surface area contributed by atoms with Crippen LogP contribution in [0.2, 0.25) is 0 Å². The van der Waals surface area contributed by atoms with Gasteiger partial charge in [-0.15, -0.1) is 11.3 Å². The predicted octanol–water partition coefficient (Wildman–Crippen LogP) is 2.01. The highest BCUT2D eigenvalue weighted by Crippen LogP contribution is 2.24. The molecular formula is C13H13ClN2O3S2. The van der Waals surface area contributed by atoms with Crippen LogP contribution < -0.4 is 0 Å². The number of rotatable bonds is 4. The van der Waals surface area contributed by atoms with Gasteiger partial charge in [0.1, 0.15) is 5.25 Å². The summed E-state index contributed by atoms with van der Waals surface area (Å²) in [6, 6.07) is 7.86. The van der Waals surface area contributed by atoms with Gasteiger partial charge >= 0.3 is 0 Å². The third kappa shape index (κ3) is 3.20. The Morgan fingerprint density at radius 1 is 1.38 bits per heavy atom. The smallest absolute Gasteiger partial charge is 0.237 e. The molecule has 1 aromatic carbocycles. The van der Waals surface area contributed by atoms with Crippen molar-refractivity contribution in [1.82, 2.24) is 9.88 Å². The number of halogens is 1. The van der Waals surface area contributed by atoms with Gasteiger partial charge in [-0.05, 0) is 12.1 Å². The fraction of sp³-hybridized carbons (Fsp3) is 0.385. The molecule has 112 valence electrons. The number of amides is 1. The van der Waals surface area contributed by atoms with E-state index in [9.17, 15) is 13.2 Å². The SMILES string of the molecule is O=C1CC(S(=O)(=O)Cl)CN1CCc1nc2ccccc2s1. The van der Waals surface area contributed by atoms with E-state index in [1.54, 1.807) is 16.2 Å². The van der Waals surface area contributed by atoms with Crippen LogP contribution in [0.4, 0.5) is 0 Å². The Morgan fingerprint density at radius 2 is 2.14 bits per heavy atom. The monoisotopic (exact) mass is 344 g/mol. The van der Waals surface area contributed by atoms with Crippen LogP contribution in [-0.2, 0) is 20.3 Å². The van der Waals surface area contributed by atoms with Gasteiger partial charge in [0.2, 0.25) is 15.0 Å². The van der Waals surface area contributed by atoms with Gasteiger partial charge in [0.25, 0.3) is 0 Å². The fourth-order valence-corrected chi connectivity index (χ4v) is 4.41. The Kier molecular flexibility index (Phi) is 3.90. The molecule has 0 N–H and O–H groups in total. The first kappa shape index (κ1) is 14.7. The molecule has 21 heavy (non-hydrogen) atoms. The molecule has 1 unspecified atom stereocenters. The number of carbonyl (C=O) groups is 1. The number of aromatic nitrogens is 1. The summed E-state index contributed by atoms with van der Waals surface area (Å²) >= 11 is 1.59. The third-order valence-corrected chi connectivity index (χ3v) is 6.48. The normalized spacial score (nSPS) is 19.6. The van der Waals surface area contributed by atoms with Crippen molar-refractivity contribution in [3.8, 4) is 0 Å². The minimum absolute atomic E-state index is 0.0221. The zero-order valence-corrected chi connectivity index (χ0v) is 13.4. The summed E-state index contributed by atoms with van der Waals surface area (Å²) in [5.41, 5.74) is 0.950. The average molecular weight is 345 g/mol. The molecule has 1 saturated heterocycles. The van der Waals surface area contributed by atoms with E-state index < -0.39 is 14.3 Å². The fourth-order valence-electron chi connectivity index (χ4n) is 2.40. The molecule has 5 nitrogen and oxygen atoms in total. The molecule has 0 saturated carbocycles. The lowest BCUT2D eigenvalue weighted by Crippen LogP contribution is -2.29. The van der Waals surface area contributed by atoms with Crippen molar-refractivity contribution < 1.29 is 13.2 Å². The number of carbonyl (C=O) groups excluding carboxylic acids is 1. The number of thiazole rings is 1. The van der Waals surface area contributed by atoms with Gasteiger partial charge in [-0.2, -0.15) is 0 Å². The van der Waals surface area contributed by atoms with E-state index in [0.29, 0.717) is 13.0 Å². The van der Waals surface area contributed by atoms with Crippen molar-refractivity contribution in [2.24, 2.45) is 0 Å². The van der Waals surface area contributed by atoms with E-state index in [-0.39, 0.29) is 18.9 Å². The Balaban J connectivity index is 1.66. The summed E-state index contributed by atoms with van der Waals surface area (Å²) < 4.78 is 23.7. The molecule has 1 amide bonds. The van der Waals surface area contributed by atoms with Gasteiger partial charge in [-0.25, -0.2) is 13.4 Å². The number of hydrogen-bond acceptors (Lipinski definition) is 5. The predicted molar refractivity (Wildman–Crippen MR) is 83.1 cm³/mol. The first-order chi connectivity index (χ1) is 9.93. The highest BCUT2D eigenvalue weighted by Gasteiger charge is 2.36. The maximum atomic E-state index is 11.8. The number of nitrogens with zero attached hydrogens (tertiary/aromatic N) is 2. The molecule has 2 aromatic rings. The van der Waals surface area contributed by atoms with Crippen molar-refractivity contribution in [3.05, 3.63) is 29.3 Å². The maximum Gasteiger partial charge on any atom is 0.237 e. The zero-order chi connectivity index (χ0) is 15.0. The van der Waals surface area contributed by atoms with Gasteiger partial charge in [-0.1, -0.05) is 12.1 Å². The standard InChI is InChI=1S/C13H13ClN2O3S2/c14-21(18,19)9-7-13(17)16(8-9)6-5-12-15-10-3-1-2-4-11(10)20-12/h1-4,9H,5-8H2. The number of benzene rings is 1. The van der Waals surface area contributed by atoms with Crippen LogP contribution in [0.25, 0.3) is 10.2 Å². The first-order valence-electron chi connectivity index (χ1n) is 6.49. The molecule has 1 atom stereocenters. The molecular weight excluding hydrogens is 332 g/mol. The minimum Gasteiger partial charge on any atom is -0.341 e. The second-order valence-electron chi connectivity index (χ2n) is 4.97. The number of para-hydroxylation sites is 1. The summed E-state index contributed by atoms with van der Waals surface area (Å²) in [5.74, 6) is -0.162. The Bertz CT molecular complexity index is 755. The largest absolute Gasteiger partial charge is 0.341 e. The van der Waals surface area contributed by atoms with Gasteiger partial charge < -0.3 is 4.90 Å². The molecule has 1 aromatic heterocycles. The molecule has 0 radical (unpaired) electrons. The molecule has 1 fully saturated rings. The van der Waals surface area contributed by atoms with Crippen LogP contribution in [0.15, 0.2) is 24.3 Å². The van der Waals surface area contributed by atoms with Crippen molar-refractivity contribution in [2.45, 2.75) is 18.1 Å². The van der Waals surface area contributed by atoms with E-state index in [0.717, 1.165) is 15.2 Å². The Hall–Kier alpha value is -1.18. The lowest BCUT2D eigenvalue weighted by Gasteiger charge is -2.14. The van der Waals surface area contributed by atoms with E-state index in [4.69, 9.17) is 10.7 Å². The van der Waals surface area contributed by atoms with Crippen LogP contribution in [0.5, 0.6) is 0 Å². The highest BCUT2D eigenvalue weighted by atomic mass is 35.7. The second-order valence-corrected chi connectivity index (χ2v) is 8.99. The van der Waals surface area contributed by atoms with Gasteiger partial charge in [0.15, 0.2) is 0 Å². The van der Waals surface area contributed by atoms with Crippen molar-refractivity contribution in [2.75, 3.05) is 13.1 Å². The lowest BCUT2D eigenvalue weighted by molar-refractivity contribution is -0.127. The van der Waals surface area contributed by atoms with Crippen molar-refractivity contribution >= 4 is 47.2 Å². The Labute approximate surface area is 131 Å². The van der Waals surface area contributed by atoms with Crippen LogP contribution in [0.1, 0.15) is 11.4 Å². The van der Waals surface area contributed by atoms with Crippen LogP contribution in [0.3, 0.4) is 0 Å². The topological polar surface area (TPSA) is 67.3 Å². The molecule has 2 heterocycles. The number of fused-ring (bicyclic) bond motifs is 1. The molecule has 8 heteroatoms. The lowest BCUT2D eigenvalue weighted by atomic mass is 10.3. The summed E-state index contributed by atoms with van der Waals surface area (Å²) in [7, 11) is 1.65. The zero-order valence-electron chi connectivity index (χ0n) is 11.0.